The van der Waals surface area contributed by atoms with Crippen molar-refractivity contribution in [1.82, 2.24) is 14.5 Å². The van der Waals surface area contributed by atoms with E-state index in [2.05, 4.69) is 153 Å². The van der Waals surface area contributed by atoms with Crippen molar-refractivity contribution in [2.24, 2.45) is 5.92 Å². The van der Waals surface area contributed by atoms with Gasteiger partial charge < -0.3 is 5.11 Å². The standard InChI is InChI=1S/C57H51N3O/c1-36(2)28-46-34-49(24-25-50(46)43-16-11-8-12-17-43)60-54-19-13-18-51(55(54)59-57(60)52-30-38(5)29-39(6)56(52)61)47-31-45(41-14-9-7-10-15-41)32-48(33-47)53-35-44(26-27-58-53)42-22-20-40(21-23-42)37(3)4/h7-27,29-37,61H,28H2,1-6H3/i37D. The molecule has 0 aliphatic carbocycles. The van der Waals surface area contributed by atoms with Gasteiger partial charge in [-0.1, -0.05) is 137 Å². The van der Waals surface area contributed by atoms with Gasteiger partial charge in [0.25, 0.3) is 0 Å². The van der Waals surface area contributed by atoms with E-state index in [1.165, 1.54) is 16.7 Å². The molecule has 0 spiro atoms. The maximum atomic E-state index is 11.7. The third-order valence-corrected chi connectivity index (χ3v) is 11.6. The van der Waals surface area contributed by atoms with Crippen molar-refractivity contribution in [3.63, 3.8) is 0 Å². The molecule has 61 heavy (non-hydrogen) atoms. The van der Waals surface area contributed by atoms with Crippen LogP contribution in [0.2, 0.25) is 0 Å². The lowest BCUT2D eigenvalue weighted by Gasteiger charge is -2.17. The Morgan fingerprint density at radius 2 is 1.26 bits per heavy atom. The van der Waals surface area contributed by atoms with Gasteiger partial charge in [-0.25, -0.2) is 4.98 Å². The number of para-hydroxylation sites is 1. The van der Waals surface area contributed by atoms with Crippen LogP contribution in [0.15, 0.2) is 170 Å². The maximum Gasteiger partial charge on any atom is 0.149 e. The van der Waals surface area contributed by atoms with Crippen molar-refractivity contribution in [2.75, 3.05) is 0 Å². The Bertz CT molecular complexity index is 3070. The summed E-state index contributed by atoms with van der Waals surface area (Å²) in [5.41, 5.74) is 18.2. The molecule has 0 aliphatic heterocycles. The van der Waals surface area contributed by atoms with Crippen LogP contribution in [-0.2, 0) is 6.42 Å². The van der Waals surface area contributed by atoms with Gasteiger partial charge in [0.1, 0.15) is 11.6 Å². The van der Waals surface area contributed by atoms with Crippen molar-refractivity contribution in [1.29, 1.82) is 0 Å². The molecule has 0 aliphatic rings. The number of aryl methyl sites for hydroxylation is 2. The number of phenols is 1. The molecule has 0 saturated heterocycles. The molecule has 1 N–H and O–H groups in total. The molecule has 4 heteroatoms. The zero-order chi connectivity index (χ0) is 43.1. The molecule has 4 nitrogen and oxygen atoms in total. The Balaban J connectivity index is 1.26. The highest BCUT2D eigenvalue weighted by atomic mass is 16.3. The highest BCUT2D eigenvalue weighted by molar-refractivity contribution is 5.98. The predicted molar refractivity (Wildman–Crippen MR) is 255 cm³/mol. The molecule has 7 aromatic carbocycles. The summed E-state index contributed by atoms with van der Waals surface area (Å²) in [6.07, 6.45) is 2.79. The number of aromatic nitrogens is 3. The van der Waals surface area contributed by atoms with Crippen LogP contribution in [0.5, 0.6) is 5.75 Å². The summed E-state index contributed by atoms with van der Waals surface area (Å²) in [4.78, 5) is 10.4. The van der Waals surface area contributed by atoms with Crippen molar-refractivity contribution in [3.8, 4) is 78.6 Å². The van der Waals surface area contributed by atoms with E-state index in [4.69, 9.17) is 11.3 Å². The number of imidazole rings is 1. The Kier molecular flexibility index (Phi) is 10.4. The lowest BCUT2D eigenvalue weighted by Crippen LogP contribution is -2.03. The van der Waals surface area contributed by atoms with E-state index in [0.29, 0.717) is 17.3 Å². The maximum absolute atomic E-state index is 11.7. The molecule has 0 unspecified atom stereocenters. The Morgan fingerprint density at radius 1 is 0.574 bits per heavy atom. The van der Waals surface area contributed by atoms with Gasteiger partial charge in [-0.15, -0.1) is 0 Å². The van der Waals surface area contributed by atoms with E-state index in [9.17, 15) is 5.11 Å². The molecular weight excluding hydrogens is 743 g/mol. The first-order valence-electron chi connectivity index (χ1n) is 21.7. The van der Waals surface area contributed by atoms with Crippen LogP contribution >= 0.6 is 0 Å². The minimum Gasteiger partial charge on any atom is -0.507 e. The summed E-state index contributed by atoms with van der Waals surface area (Å²) in [5.74, 6) is 0.700. The molecule has 2 aromatic heterocycles. The molecule has 2 heterocycles. The second-order valence-corrected chi connectivity index (χ2v) is 16.9. The lowest BCUT2D eigenvalue weighted by molar-refractivity contribution is 0.472. The Hall–Kier alpha value is -7.04. The molecule has 0 amide bonds. The van der Waals surface area contributed by atoms with Gasteiger partial charge in [0.2, 0.25) is 0 Å². The fourth-order valence-corrected chi connectivity index (χ4v) is 8.62. The molecule has 0 radical (unpaired) electrons. The summed E-state index contributed by atoms with van der Waals surface area (Å²) in [5, 5.41) is 11.7. The zero-order valence-electron chi connectivity index (χ0n) is 36.7. The number of hydrogen-bond donors (Lipinski definition) is 1. The number of pyridine rings is 1. The number of phenolic OH excluding ortho intramolecular Hbond substituents is 1. The first kappa shape index (κ1) is 38.2. The Morgan fingerprint density at radius 3 is 1.98 bits per heavy atom. The molecule has 9 aromatic rings. The van der Waals surface area contributed by atoms with E-state index in [0.717, 1.165) is 84.5 Å². The lowest BCUT2D eigenvalue weighted by atomic mass is 9.93. The molecule has 0 fully saturated rings. The van der Waals surface area contributed by atoms with Gasteiger partial charge in [-0.2, -0.15) is 0 Å². The van der Waals surface area contributed by atoms with Gasteiger partial charge in [-0.05, 0) is 148 Å². The molecule has 0 bridgehead atoms. The first-order chi connectivity index (χ1) is 29.9. The monoisotopic (exact) mass is 794 g/mol. The smallest absolute Gasteiger partial charge is 0.149 e. The SMILES string of the molecule is [2H]C(C)(C)c1ccc(-c2ccnc(-c3cc(-c4ccccc4)cc(-c4cccc5c4nc(-c4cc(C)cc(C)c4O)n5-c4ccc(-c5ccccc5)c(CC(C)C)c4)c3)c2)cc1. The molecular formula is C57H51N3O. The topological polar surface area (TPSA) is 50.9 Å². The van der Waals surface area contributed by atoms with E-state index in [-0.39, 0.29) is 5.75 Å². The van der Waals surface area contributed by atoms with Crippen molar-refractivity contribution in [3.05, 3.63) is 192 Å². The quantitative estimate of drug-likeness (QED) is 0.150. The normalized spacial score (nSPS) is 12.0. The fraction of sp³-hybridized carbons (Fsp3) is 0.158. The molecule has 0 atom stereocenters. The first-order valence-corrected chi connectivity index (χ1v) is 21.2. The number of rotatable bonds is 10. The second kappa shape index (κ2) is 16.5. The van der Waals surface area contributed by atoms with Gasteiger partial charge in [0, 0.05) is 24.4 Å². The van der Waals surface area contributed by atoms with Gasteiger partial charge in [0.05, 0.1) is 22.3 Å². The zero-order valence-corrected chi connectivity index (χ0v) is 35.7. The van der Waals surface area contributed by atoms with Crippen LogP contribution in [0.3, 0.4) is 0 Å². The predicted octanol–water partition coefficient (Wildman–Crippen LogP) is 15.1. The van der Waals surface area contributed by atoms with Crippen LogP contribution < -0.4 is 0 Å². The summed E-state index contributed by atoms with van der Waals surface area (Å²) < 4.78 is 10.7. The van der Waals surface area contributed by atoms with Crippen LogP contribution in [0.1, 0.15) is 57.2 Å². The van der Waals surface area contributed by atoms with E-state index in [1.807, 2.05) is 63.4 Å². The Labute approximate surface area is 361 Å². The molecule has 9 rings (SSSR count). The summed E-state index contributed by atoms with van der Waals surface area (Å²) in [6.45, 7) is 12.4. The third-order valence-electron chi connectivity index (χ3n) is 11.6. The highest BCUT2D eigenvalue weighted by Crippen LogP contribution is 2.42. The molecule has 0 saturated carbocycles. The summed E-state index contributed by atoms with van der Waals surface area (Å²) >= 11 is 0. The second-order valence-electron chi connectivity index (χ2n) is 16.9. The summed E-state index contributed by atoms with van der Waals surface area (Å²) in [6, 6.07) is 57.5. The number of fused-ring (bicyclic) bond motifs is 1. The van der Waals surface area contributed by atoms with Crippen molar-refractivity contribution in [2.45, 2.75) is 53.9 Å². The van der Waals surface area contributed by atoms with E-state index in [1.54, 1.807) is 0 Å². The van der Waals surface area contributed by atoms with Gasteiger partial charge in [0.15, 0.2) is 0 Å². The van der Waals surface area contributed by atoms with Crippen LogP contribution in [0.25, 0.3) is 83.9 Å². The van der Waals surface area contributed by atoms with Crippen LogP contribution in [0.4, 0.5) is 0 Å². The average Bonchev–Trinajstić information content (AvgIpc) is 3.67. The molecule has 300 valence electrons. The fourth-order valence-electron chi connectivity index (χ4n) is 8.62. The van der Waals surface area contributed by atoms with Crippen LogP contribution in [-0.4, -0.2) is 19.6 Å². The van der Waals surface area contributed by atoms with E-state index < -0.39 is 5.89 Å². The average molecular weight is 795 g/mol. The van der Waals surface area contributed by atoms with Crippen LogP contribution in [0, 0.1) is 19.8 Å². The van der Waals surface area contributed by atoms with Gasteiger partial charge in [-0.3, -0.25) is 9.55 Å². The number of benzene rings is 7. The summed E-state index contributed by atoms with van der Waals surface area (Å²) in [7, 11) is 0. The third kappa shape index (κ3) is 7.90. The largest absolute Gasteiger partial charge is 0.507 e. The minimum absolute atomic E-state index is 0.231. The van der Waals surface area contributed by atoms with E-state index >= 15 is 0 Å². The van der Waals surface area contributed by atoms with Crippen molar-refractivity contribution >= 4 is 11.0 Å². The van der Waals surface area contributed by atoms with Crippen molar-refractivity contribution < 1.29 is 6.48 Å². The minimum atomic E-state index is -0.668. The van der Waals surface area contributed by atoms with Gasteiger partial charge >= 0.3 is 0 Å². The number of nitrogens with zero attached hydrogens (tertiary/aromatic N) is 3. The number of aromatic hydroxyl groups is 1. The number of hydrogen-bond acceptors (Lipinski definition) is 3. The highest BCUT2D eigenvalue weighted by Gasteiger charge is 2.23.